The largest absolute Gasteiger partial charge is 0.399 e. The fraction of sp³-hybridized carbons (Fsp3) is 0.308. The highest BCUT2D eigenvalue weighted by atomic mass is 15.1. The van der Waals surface area contributed by atoms with Gasteiger partial charge in [-0.25, -0.2) is 0 Å². The lowest BCUT2D eigenvalue weighted by atomic mass is 10.1. The molecule has 0 aliphatic heterocycles. The first-order valence-electron chi connectivity index (χ1n) is 5.51. The van der Waals surface area contributed by atoms with Gasteiger partial charge in [0.15, 0.2) is 0 Å². The van der Waals surface area contributed by atoms with E-state index in [1.54, 1.807) is 0 Å². The normalized spacial score (nSPS) is 10.6. The molecule has 0 aliphatic rings. The summed E-state index contributed by atoms with van der Waals surface area (Å²) in [5.74, 6) is 0. The molecule has 0 bridgehead atoms. The number of hydrogen-bond donors (Lipinski definition) is 2. The van der Waals surface area contributed by atoms with Gasteiger partial charge in [0.25, 0.3) is 0 Å². The van der Waals surface area contributed by atoms with Gasteiger partial charge in [0.2, 0.25) is 0 Å². The lowest BCUT2D eigenvalue weighted by molar-refractivity contribution is 0.885. The number of benzene rings is 1. The first-order chi connectivity index (χ1) is 7.66. The Balaban J connectivity index is 2.05. The van der Waals surface area contributed by atoms with Crippen LogP contribution in [0.15, 0.2) is 24.3 Å². The number of aromatic amines is 1. The molecule has 1 heterocycles. The third-order valence-corrected chi connectivity index (χ3v) is 2.96. The zero-order chi connectivity index (χ0) is 11.5. The Morgan fingerprint density at radius 2 is 2.06 bits per heavy atom. The second-order valence-electron chi connectivity index (χ2n) is 4.17. The number of nitrogen functional groups attached to an aromatic ring is 1. The molecule has 3 heteroatoms. The smallest absolute Gasteiger partial charge is 0.0657 e. The maximum atomic E-state index is 5.74. The van der Waals surface area contributed by atoms with Gasteiger partial charge < -0.3 is 5.73 Å². The van der Waals surface area contributed by atoms with Crippen molar-refractivity contribution in [3.63, 3.8) is 0 Å². The topological polar surface area (TPSA) is 54.7 Å². The highest BCUT2D eigenvalue weighted by molar-refractivity contribution is 5.40. The molecule has 0 amide bonds. The van der Waals surface area contributed by atoms with Crippen LogP contribution in [0.3, 0.4) is 0 Å². The number of H-pyrrole nitrogens is 1. The van der Waals surface area contributed by atoms with Crippen molar-refractivity contribution in [3.8, 4) is 0 Å². The number of nitrogens with two attached hydrogens (primary N) is 1. The third kappa shape index (κ3) is 2.24. The van der Waals surface area contributed by atoms with Gasteiger partial charge in [-0.15, -0.1) is 0 Å². The van der Waals surface area contributed by atoms with Gasteiger partial charge >= 0.3 is 0 Å². The molecule has 0 spiro atoms. The monoisotopic (exact) mass is 215 g/mol. The number of aryl methyl sites for hydroxylation is 3. The Morgan fingerprint density at radius 1 is 1.25 bits per heavy atom. The van der Waals surface area contributed by atoms with E-state index in [2.05, 4.69) is 23.2 Å². The number of nitrogens with zero attached hydrogens (tertiary/aromatic N) is 1. The molecule has 0 saturated carbocycles. The third-order valence-electron chi connectivity index (χ3n) is 2.96. The fourth-order valence-electron chi connectivity index (χ4n) is 1.79. The molecule has 0 atom stereocenters. The van der Waals surface area contributed by atoms with Gasteiger partial charge in [0, 0.05) is 11.4 Å². The molecule has 0 saturated heterocycles. The van der Waals surface area contributed by atoms with Gasteiger partial charge in [-0.1, -0.05) is 12.1 Å². The SMILES string of the molecule is Cc1[nH]nc(CCc2cccc(N)c2)c1C. The molecule has 0 fully saturated rings. The summed E-state index contributed by atoms with van der Waals surface area (Å²) < 4.78 is 0. The van der Waals surface area contributed by atoms with Gasteiger partial charge in [0.05, 0.1) is 5.69 Å². The molecule has 2 aromatic rings. The lowest BCUT2D eigenvalue weighted by Gasteiger charge is -2.01. The molecular weight excluding hydrogens is 198 g/mol. The Morgan fingerprint density at radius 3 is 2.69 bits per heavy atom. The van der Waals surface area contributed by atoms with Crippen molar-refractivity contribution in [1.29, 1.82) is 0 Å². The van der Waals surface area contributed by atoms with E-state index in [4.69, 9.17) is 5.73 Å². The molecule has 0 radical (unpaired) electrons. The van der Waals surface area contributed by atoms with Crippen LogP contribution in [0, 0.1) is 13.8 Å². The molecule has 2 rings (SSSR count). The van der Waals surface area contributed by atoms with Crippen LogP contribution >= 0.6 is 0 Å². The molecule has 0 unspecified atom stereocenters. The van der Waals surface area contributed by atoms with E-state index in [1.807, 2.05) is 25.1 Å². The summed E-state index contributed by atoms with van der Waals surface area (Å²) >= 11 is 0. The van der Waals surface area contributed by atoms with Crippen molar-refractivity contribution < 1.29 is 0 Å². The first kappa shape index (κ1) is 10.7. The minimum absolute atomic E-state index is 0.826. The quantitative estimate of drug-likeness (QED) is 0.772. The summed E-state index contributed by atoms with van der Waals surface area (Å²) in [6.07, 6.45) is 1.94. The average molecular weight is 215 g/mol. The fourth-order valence-corrected chi connectivity index (χ4v) is 1.79. The Labute approximate surface area is 95.7 Å². The zero-order valence-electron chi connectivity index (χ0n) is 9.75. The molecular formula is C13H17N3. The van der Waals surface area contributed by atoms with Crippen molar-refractivity contribution in [2.45, 2.75) is 26.7 Å². The van der Waals surface area contributed by atoms with Crippen molar-refractivity contribution in [2.75, 3.05) is 5.73 Å². The summed E-state index contributed by atoms with van der Waals surface area (Å²) in [7, 11) is 0. The van der Waals surface area contributed by atoms with Crippen LogP contribution in [0.25, 0.3) is 0 Å². The van der Waals surface area contributed by atoms with Crippen LogP contribution in [-0.2, 0) is 12.8 Å². The lowest BCUT2D eigenvalue weighted by Crippen LogP contribution is -1.95. The zero-order valence-corrected chi connectivity index (χ0v) is 9.75. The highest BCUT2D eigenvalue weighted by Gasteiger charge is 2.05. The Kier molecular flexibility index (Phi) is 2.95. The van der Waals surface area contributed by atoms with Crippen molar-refractivity contribution >= 4 is 5.69 Å². The van der Waals surface area contributed by atoms with Crippen LogP contribution in [-0.4, -0.2) is 10.2 Å². The second-order valence-corrected chi connectivity index (χ2v) is 4.17. The molecule has 3 nitrogen and oxygen atoms in total. The van der Waals surface area contributed by atoms with Crippen LogP contribution in [0.2, 0.25) is 0 Å². The summed E-state index contributed by atoms with van der Waals surface area (Å²) in [6.45, 7) is 4.15. The van der Waals surface area contributed by atoms with Gasteiger partial charge in [-0.2, -0.15) is 5.10 Å². The summed E-state index contributed by atoms with van der Waals surface area (Å²) in [5.41, 5.74) is 11.4. The van der Waals surface area contributed by atoms with Gasteiger partial charge in [-0.05, 0) is 49.9 Å². The van der Waals surface area contributed by atoms with Crippen molar-refractivity contribution in [1.82, 2.24) is 10.2 Å². The second kappa shape index (κ2) is 4.39. The van der Waals surface area contributed by atoms with E-state index >= 15 is 0 Å². The molecule has 84 valence electrons. The maximum absolute atomic E-state index is 5.74. The van der Waals surface area contributed by atoms with E-state index in [1.165, 1.54) is 11.1 Å². The molecule has 0 aliphatic carbocycles. The standard InChI is InChI=1S/C13H17N3/c1-9-10(2)15-16-13(9)7-6-11-4-3-5-12(14)8-11/h3-5,8H,6-7,14H2,1-2H3,(H,15,16). The molecule has 16 heavy (non-hydrogen) atoms. The summed E-state index contributed by atoms with van der Waals surface area (Å²) in [4.78, 5) is 0. The van der Waals surface area contributed by atoms with Crippen LogP contribution in [0.5, 0.6) is 0 Å². The number of aromatic nitrogens is 2. The van der Waals surface area contributed by atoms with Gasteiger partial charge in [-0.3, -0.25) is 5.10 Å². The Hall–Kier alpha value is -1.77. The highest BCUT2D eigenvalue weighted by Crippen LogP contribution is 2.13. The van der Waals surface area contributed by atoms with Crippen molar-refractivity contribution in [3.05, 3.63) is 46.8 Å². The number of rotatable bonds is 3. The summed E-state index contributed by atoms with van der Waals surface area (Å²) in [6, 6.07) is 8.03. The van der Waals surface area contributed by atoms with E-state index in [0.717, 1.165) is 29.9 Å². The molecule has 1 aromatic carbocycles. The van der Waals surface area contributed by atoms with E-state index in [9.17, 15) is 0 Å². The van der Waals surface area contributed by atoms with E-state index in [0.29, 0.717) is 0 Å². The minimum Gasteiger partial charge on any atom is -0.399 e. The van der Waals surface area contributed by atoms with Gasteiger partial charge in [0.1, 0.15) is 0 Å². The minimum atomic E-state index is 0.826. The first-order valence-corrected chi connectivity index (χ1v) is 5.51. The van der Waals surface area contributed by atoms with Crippen LogP contribution in [0.1, 0.15) is 22.5 Å². The Bertz CT molecular complexity index is 486. The predicted octanol–water partition coefficient (Wildman–Crippen LogP) is 2.39. The summed E-state index contributed by atoms with van der Waals surface area (Å²) in [5, 5.41) is 7.31. The van der Waals surface area contributed by atoms with Crippen molar-refractivity contribution in [2.24, 2.45) is 0 Å². The number of nitrogens with one attached hydrogen (secondary N) is 1. The number of anilines is 1. The molecule has 1 aromatic heterocycles. The van der Waals surface area contributed by atoms with E-state index in [-0.39, 0.29) is 0 Å². The number of hydrogen-bond acceptors (Lipinski definition) is 2. The van der Waals surface area contributed by atoms with Crippen LogP contribution < -0.4 is 5.73 Å². The average Bonchev–Trinajstić information content (AvgIpc) is 2.57. The van der Waals surface area contributed by atoms with E-state index < -0.39 is 0 Å². The van der Waals surface area contributed by atoms with Crippen LogP contribution in [0.4, 0.5) is 5.69 Å². The molecule has 3 N–H and O–H groups in total. The predicted molar refractivity (Wildman–Crippen MR) is 66.3 cm³/mol. The maximum Gasteiger partial charge on any atom is 0.0657 e.